The molecule has 0 aromatic heterocycles. The molecule has 0 radical (unpaired) electrons. The highest BCUT2D eigenvalue weighted by molar-refractivity contribution is 5.33. The average molecular weight is 299 g/mol. The van der Waals surface area contributed by atoms with E-state index in [-0.39, 0.29) is 5.82 Å². The van der Waals surface area contributed by atoms with E-state index in [1.165, 1.54) is 12.1 Å². The quantitative estimate of drug-likeness (QED) is 0.638. The van der Waals surface area contributed by atoms with Crippen molar-refractivity contribution in [1.82, 2.24) is 5.32 Å². The van der Waals surface area contributed by atoms with Crippen LogP contribution >= 0.6 is 0 Å². The van der Waals surface area contributed by atoms with E-state index < -0.39 is 0 Å². The maximum absolute atomic E-state index is 13.3. The molecule has 1 rings (SSSR count). The van der Waals surface area contributed by atoms with Crippen LogP contribution in [0.25, 0.3) is 0 Å². The van der Waals surface area contributed by atoms with Gasteiger partial charge in [-0.1, -0.05) is 13.8 Å². The molecule has 0 aliphatic carbocycles. The zero-order valence-electron chi connectivity index (χ0n) is 13.2. The molecule has 1 aromatic carbocycles. The van der Waals surface area contributed by atoms with E-state index >= 15 is 0 Å². The topological polar surface area (TPSA) is 39.7 Å². The van der Waals surface area contributed by atoms with Crippen molar-refractivity contribution >= 4 is 0 Å². The number of hydrogen-bond donors (Lipinski definition) is 1. The van der Waals surface area contributed by atoms with Crippen molar-refractivity contribution in [2.24, 2.45) is 0 Å². The molecule has 120 valence electrons. The summed E-state index contributed by atoms with van der Waals surface area (Å²) in [5, 5.41) is 3.27. The molecule has 0 fully saturated rings. The Hall–Kier alpha value is -1.17. The second kappa shape index (κ2) is 10.5. The summed E-state index contributed by atoms with van der Waals surface area (Å²) in [6.45, 7) is 7.07. The molecule has 0 spiro atoms. The van der Waals surface area contributed by atoms with Gasteiger partial charge in [0.1, 0.15) is 11.6 Å². The van der Waals surface area contributed by atoms with Crippen molar-refractivity contribution in [3.63, 3.8) is 0 Å². The van der Waals surface area contributed by atoms with Crippen LogP contribution in [0.4, 0.5) is 4.39 Å². The molecule has 5 heteroatoms. The van der Waals surface area contributed by atoms with E-state index in [0.717, 1.165) is 17.7 Å². The molecule has 0 atom stereocenters. The molecule has 21 heavy (non-hydrogen) atoms. The van der Waals surface area contributed by atoms with Gasteiger partial charge in [-0.2, -0.15) is 0 Å². The molecule has 0 saturated carbocycles. The molecule has 0 heterocycles. The van der Waals surface area contributed by atoms with Crippen molar-refractivity contribution in [3.8, 4) is 5.75 Å². The SMILES string of the molecule is COCCOCCCOc1ccc(F)cc1CNC(C)C. The van der Waals surface area contributed by atoms with Gasteiger partial charge < -0.3 is 19.5 Å². The van der Waals surface area contributed by atoms with Crippen molar-refractivity contribution in [1.29, 1.82) is 0 Å². The minimum atomic E-state index is -0.245. The lowest BCUT2D eigenvalue weighted by molar-refractivity contribution is 0.0644. The van der Waals surface area contributed by atoms with Gasteiger partial charge >= 0.3 is 0 Å². The summed E-state index contributed by atoms with van der Waals surface area (Å²) in [6, 6.07) is 4.96. The van der Waals surface area contributed by atoms with Crippen LogP contribution in [0.15, 0.2) is 18.2 Å². The van der Waals surface area contributed by atoms with Gasteiger partial charge in [-0.15, -0.1) is 0 Å². The maximum atomic E-state index is 13.3. The molecule has 1 N–H and O–H groups in total. The Morgan fingerprint density at radius 1 is 1.14 bits per heavy atom. The predicted molar refractivity (Wildman–Crippen MR) is 81.2 cm³/mol. The standard InChI is InChI=1S/C16H26FNO3/c1-13(2)18-12-14-11-15(17)5-6-16(14)21-8-4-7-20-10-9-19-3/h5-6,11,13,18H,4,7-10,12H2,1-3H3. The van der Waals surface area contributed by atoms with Gasteiger partial charge in [0.05, 0.1) is 19.8 Å². The first-order chi connectivity index (χ1) is 10.1. The Morgan fingerprint density at radius 2 is 1.95 bits per heavy atom. The summed E-state index contributed by atoms with van der Waals surface area (Å²) in [5.41, 5.74) is 0.837. The van der Waals surface area contributed by atoms with Crippen LogP contribution in [0, 0.1) is 5.82 Å². The molecule has 0 amide bonds. The lowest BCUT2D eigenvalue weighted by atomic mass is 10.2. The highest BCUT2D eigenvalue weighted by Gasteiger charge is 2.06. The molecule has 0 unspecified atom stereocenters. The average Bonchev–Trinajstić information content (AvgIpc) is 2.45. The highest BCUT2D eigenvalue weighted by atomic mass is 19.1. The first-order valence-electron chi connectivity index (χ1n) is 7.34. The number of ether oxygens (including phenoxy) is 3. The van der Waals surface area contributed by atoms with E-state index in [1.807, 2.05) is 0 Å². The highest BCUT2D eigenvalue weighted by Crippen LogP contribution is 2.20. The summed E-state index contributed by atoms with van der Waals surface area (Å²) in [4.78, 5) is 0. The molecule has 0 aliphatic rings. The second-order valence-electron chi connectivity index (χ2n) is 5.09. The molecule has 0 aliphatic heterocycles. The maximum Gasteiger partial charge on any atom is 0.123 e. The minimum absolute atomic E-state index is 0.245. The molecular formula is C16H26FNO3. The molecule has 0 bridgehead atoms. The van der Waals surface area contributed by atoms with E-state index in [0.29, 0.717) is 39.0 Å². The van der Waals surface area contributed by atoms with E-state index in [1.54, 1.807) is 13.2 Å². The second-order valence-corrected chi connectivity index (χ2v) is 5.09. The fourth-order valence-corrected chi connectivity index (χ4v) is 1.73. The summed E-state index contributed by atoms with van der Waals surface area (Å²) >= 11 is 0. The summed E-state index contributed by atoms with van der Waals surface area (Å²) in [7, 11) is 1.65. The molecule has 1 aromatic rings. The van der Waals surface area contributed by atoms with Crippen LogP contribution in [-0.2, 0) is 16.0 Å². The summed E-state index contributed by atoms with van der Waals surface area (Å²) < 4.78 is 29.3. The number of benzene rings is 1. The van der Waals surface area contributed by atoms with Crippen molar-refractivity contribution in [2.45, 2.75) is 32.9 Å². The smallest absolute Gasteiger partial charge is 0.123 e. The van der Waals surface area contributed by atoms with Crippen LogP contribution in [0.2, 0.25) is 0 Å². The van der Waals surface area contributed by atoms with Gasteiger partial charge in [0.25, 0.3) is 0 Å². The van der Waals surface area contributed by atoms with E-state index in [2.05, 4.69) is 19.2 Å². The van der Waals surface area contributed by atoms with Crippen LogP contribution < -0.4 is 10.1 Å². The van der Waals surface area contributed by atoms with Crippen LogP contribution in [0.3, 0.4) is 0 Å². The minimum Gasteiger partial charge on any atom is -0.493 e. The van der Waals surface area contributed by atoms with Gasteiger partial charge in [-0.25, -0.2) is 4.39 Å². The third-order valence-corrected chi connectivity index (χ3v) is 2.85. The zero-order chi connectivity index (χ0) is 15.5. The van der Waals surface area contributed by atoms with Gasteiger partial charge in [0, 0.05) is 38.3 Å². The van der Waals surface area contributed by atoms with Gasteiger partial charge in [-0.05, 0) is 18.2 Å². The predicted octanol–water partition coefficient (Wildman–Crippen LogP) is 2.76. The van der Waals surface area contributed by atoms with Gasteiger partial charge in [0.15, 0.2) is 0 Å². The Morgan fingerprint density at radius 3 is 2.67 bits per heavy atom. The third-order valence-electron chi connectivity index (χ3n) is 2.85. The first-order valence-corrected chi connectivity index (χ1v) is 7.34. The van der Waals surface area contributed by atoms with Crippen molar-refractivity contribution < 1.29 is 18.6 Å². The number of halogens is 1. The van der Waals surface area contributed by atoms with Gasteiger partial charge in [-0.3, -0.25) is 0 Å². The summed E-state index contributed by atoms with van der Waals surface area (Å²) in [6.07, 6.45) is 0.790. The number of rotatable bonds is 11. The van der Waals surface area contributed by atoms with E-state index in [4.69, 9.17) is 14.2 Å². The fourth-order valence-electron chi connectivity index (χ4n) is 1.73. The molecule has 4 nitrogen and oxygen atoms in total. The first kappa shape index (κ1) is 17.9. The number of hydrogen-bond acceptors (Lipinski definition) is 4. The lowest BCUT2D eigenvalue weighted by Gasteiger charge is -2.14. The lowest BCUT2D eigenvalue weighted by Crippen LogP contribution is -2.22. The van der Waals surface area contributed by atoms with Crippen molar-refractivity contribution in [3.05, 3.63) is 29.6 Å². The van der Waals surface area contributed by atoms with E-state index in [9.17, 15) is 4.39 Å². The Balaban J connectivity index is 2.35. The number of nitrogens with one attached hydrogen (secondary N) is 1. The van der Waals surface area contributed by atoms with Crippen LogP contribution in [0.5, 0.6) is 5.75 Å². The van der Waals surface area contributed by atoms with Crippen molar-refractivity contribution in [2.75, 3.05) is 33.5 Å². The van der Waals surface area contributed by atoms with Crippen LogP contribution in [0.1, 0.15) is 25.8 Å². The Kier molecular flexibility index (Phi) is 8.98. The molecular weight excluding hydrogens is 273 g/mol. The van der Waals surface area contributed by atoms with Crippen LogP contribution in [-0.4, -0.2) is 39.6 Å². The van der Waals surface area contributed by atoms with Gasteiger partial charge in [0.2, 0.25) is 0 Å². The third kappa shape index (κ3) is 7.99. The Labute approximate surface area is 126 Å². The largest absolute Gasteiger partial charge is 0.493 e. The number of methoxy groups -OCH3 is 1. The Bertz CT molecular complexity index is 399. The summed E-state index contributed by atoms with van der Waals surface area (Å²) in [5.74, 6) is 0.479. The normalized spacial score (nSPS) is 11.1. The monoisotopic (exact) mass is 299 g/mol. The zero-order valence-corrected chi connectivity index (χ0v) is 13.2. The molecule has 0 saturated heterocycles. The fraction of sp³-hybridized carbons (Fsp3) is 0.625.